The lowest BCUT2D eigenvalue weighted by Crippen LogP contribution is -2.44. The van der Waals surface area contributed by atoms with Gasteiger partial charge in [0, 0.05) is 31.2 Å². The minimum absolute atomic E-state index is 0.100. The molecule has 1 amide bonds. The maximum Gasteiger partial charge on any atom is 0.405 e. The topological polar surface area (TPSA) is 113 Å². The summed E-state index contributed by atoms with van der Waals surface area (Å²) in [6.07, 6.45) is 1.69. The predicted octanol–water partition coefficient (Wildman–Crippen LogP) is 1.05. The Morgan fingerprint density at radius 2 is 2.09 bits per heavy atom. The number of carboxylic acid groups (broad SMARTS) is 1. The molecule has 1 aromatic rings. The van der Waals surface area contributed by atoms with Crippen LogP contribution in [0.4, 0.5) is 16.2 Å². The average Bonchev–Trinajstić information content (AvgIpc) is 3.04. The summed E-state index contributed by atoms with van der Waals surface area (Å²) in [7, 11) is -1.37. The van der Waals surface area contributed by atoms with Gasteiger partial charge >= 0.3 is 6.09 Å². The van der Waals surface area contributed by atoms with Crippen LogP contribution in [0.5, 0.6) is 0 Å². The number of nitrogens with two attached hydrogens (primary N) is 1. The maximum absolute atomic E-state index is 11.6. The molecule has 0 aliphatic heterocycles. The first-order chi connectivity index (χ1) is 10.1. The van der Waals surface area contributed by atoms with E-state index in [9.17, 15) is 13.2 Å². The fourth-order valence-electron chi connectivity index (χ4n) is 2.62. The smallest absolute Gasteiger partial charge is 0.405 e. The molecular weight excluding hydrogens is 306 g/mol. The molecule has 22 heavy (non-hydrogen) atoms. The highest BCUT2D eigenvalue weighted by molar-refractivity contribution is 7.89. The van der Waals surface area contributed by atoms with Gasteiger partial charge < -0.3 is 21.1 Å². The summed E-state index contributed by atoms with van der Waals surface area (Å²) < 4.78 is 23.2. The van der Waals surface area contributed by atoms with Crippen LogP contribution in [0.15, 0.2) is 18.2 Å². The number of nitrogen functional groups attached to an aromatic ring is 1. The molecule has 0 heterocycles. The van der Waals surface area contributed by atoms with Crippen molar-refractivity contribution in [2.45, 2.75) is 24.1 Å². The molecule has 122 valence electrons. The Morgan fingerprint density at radius 3 is 2.59 bits per heavy atom. The van der Waals surface area contributed by atoms with Crippen molar-refractivity contribution in [1.29, 1.82) is 0 Å². The van der Waals surface area contributed by atoms with Crippen molar-refractivity contribution in [2.24, 2.45) is 0 Å². The molecule has 1 fully saturated rings. The molecule has 8 heteroatoms. The molecule has 0 saturated heterocycles. The Kier molecular flexibility index (Phi) is 4.23. The van der Waals surface area contributed by atoms with Crippen LogP contribution >= 0.6 is 0 Å². The third kappa shape index (κ3) is 4.27. The number of anilines is 2. The van der Waals surface area contributed by atoms with Crippen molar-refractivity contribution >= 4 is 27.3 Å². The van der Waals surface area contributed by atoms with Gasteiger partial charge in [-0.3, -0.25) is 0 Å². The minimum atomic E-state index is -3.19. The fraction of sp³-hybridized carbons (Fsp3) is 0.500. The van der Waals surface area contributed by atoms with Crippen LogP contribution in [-0.2, 0) is 15.6 Å². The lowest BCUT2D eigenvalue weighted by Gasteiger charge is -2.27. The molecule has 0 radical (unpaired) electrons. The van der Waals surface area contributed by atoms with E-state index in [0.29, 0.717) is 17.8 Å². The number of nitrogens with one attached hydrogen (secondary N) is 1. The van der Waals surface area contributed by atoms with E-state index in [1.54, 1.807) is 18.2 Å². The van der Waals surface area contributed by atoms with Crippen LogP contribution in [0.3, 0.4) is 0 Å². The zero-order valence-corrected chi connectivity index (χ0v) is 13.5. The van der Waals surface area contributed by atoms with E-state index in [1.807, 2.05) is 11.9 Å². The lowest BCUT2D eigenvalue weighted by atomic mass is 10.1. The summed E-state index contributed by atoms with van der Waals surface area (Å²) in [6.45, 7) is 0.486. The summed E-state index contributed by atoms with van der Waals surface area (Å²) in [6, 6.07) is 5.13. The predicted molar refractivity (Wildman–Crippen MR) is 85.8 cm³/mol. The number of hydrogen-bond donors (Lipinski definition) is 3. The molecule has 0 bridgehead atoms. The van der Waals surface area contributed by atoms with Gasteiger partial charge in [0.25, 0.3) is 0 Å². The SMILES string of the molecule is CN(CC1(NC(=O)O)CC1)c1ccc(N)cc1CS(C)(=O)=O. The molecule has 1 saturated carbocycles. The molecule has 0 unspecified atom stereocenters. The van der Waals surface area contributed by atoms with Gasteiger partial charge in [-0.1, -0.05) is 0 Å². The van der Waals surface area contributed by atoms with Crippen molar-refractivity contribution in [1.82, 2.24) is 5.32 Å². The van der Waals surface area contributed by atoms with Crippen LogP contribution in [-0.4, -0.2) is 45.0 Å². The Morgan fingerprint density at radius 1 is 1.45 bits per heavy atom. The third-order valence-electron chi connectivity index (χ3n) is 3.70. The molecule has 0 atom stereocenters. The zero-order chi connectivity index (χ0) is 16.5. The lowest BCUT2D eigenvalue weighted by molar-refractivity contribution is 0.188. The Balaban J connectivity index is 2.22. The Hall–Kier alpha value is -1.96. The van der Waals surface area contributed by atoms with Gasteiger partial charge in [-0.2, -0.15) is 0 Å². The summed E-state index contributed by atoms with van der Waals surface area (Å²) in [5.74, 6) is -0.100. The molecule has 7 nitrogen and oxygen atoms in total. The van der Waals surface area contributed by atoms with Crippen molar-refractivity contribution in [3.8, 4) is 0 Å². The second kappa shape index (κ2) is 5.68. The van der Waals surface area contributed by atoms with Gasteiger partial charge in [0.2, 0.25) is 0 Å². The van der Waals surface area contributed by atoms with E-state index in [2.05, 4.69) is 5.32 Å². The molecule has 1 aliphatic rings. The van der Waals surface area contributed by atoms with Gasteiger partial charge in [0.15, 0.2) is 9.84 Å². The van der Waals surface area contributed by atoms with Crippen molar-refractivity contribution in [3.63, 3.8) is 0 Å². The van der Waals surface area contributed by atoms with Gasteiger partial charge in [0.05, 0.1) is 11.3 Å². The first-order valence-electron chi connectivity index (χ1n) is 6.89. The Bertz CT molecular complexity index is 683. The van der Waals surface area contributed by atoms with Crippen LogP contribution in [0.1, 0.15) is 18.4 Å². The van der Waals surface area contributed by atoms with Crippen LogP contribution in [0.25, 0.3) is 0 Å². The van der Waals surface area contributed by atoms with E-state index in [-0.39, 0.29) is 5.75 Å². The zero-order valence-electron chi connectivity index (χ0n) is 12.7. The van der Waals surface area contributed by atoms with E-state index < -0.39 is 21.5 Å². The van der Waals surface area contributed by atoms with E-state index in [4.69, 9.17) is 10.8 Å². The molecule has 4 N–H and O–H groups in total. The van der Waals surface area contributed by atoms with Crippen molar-refractivity contribution in [3.05, 3.63) is 23.8 Å². The van der Waals surface area contributed by atoms with Gasteiger partial charge in [0.1, 0.15) is 0 Å². The maximum atomic E-state index is 11.6. The monoisotopic (exact) mass is 327 g/mol. The van der Waals surface area contributed by atoms with E-state index >= 15 is 0 Å². The third-order valence-corrected chi connectivity index (χ3v) is 4.53. The molecular formula is C14H21N3O4S. The normalized spacial score (nSPS) is 16.1. The number of hydrogen-bond acceptors (Lipinski definition) is 5. The summed E-state index contributed by atoms with van der Waals surface area (Å²) in [5.41, 5.74) is 7.18. The highest BCUT2D eigenvalue weighted by Crippen LogP contribution is 2.37. The summed E-state index contributed by atoms with van der Waals surface area (Å²) in [5, 5.41) is 11.4. The van der Waals surface area contributed by atoms with Crippen LogP contribution < -0.4 is 16.0 Å². The quantitative estimate of drug-likeness (QED) is 0.673. The number of sulfone groups is 1. The number of benzene rings is 1. The first-order valence-corrected chi connectivity index (χ1v) is 8.95. The standard InChI is InChI=1S/C14H21N3O4S/c1-17(9-14(5-6-14)16-13(18)19)12-4-3-11(15)7-10(12)8-22(2,20)21/h3-4,7,16H,5-6,8-9,15H2,1-2H3,(H,18,19). The summed E-state index contributed by atoms with van der Waals surface area (Å²) in [4.78, 5) is 12.7. The second-order valence-electron chi connectivity index (χ2n) is 6.02. The van der Waals surface area contributed by atoms with Crippen LogP contribution in [0, 0.1) is 0 Å². The molecule has 1 aromatic carbocycles. The van der Waals surface area contributed by atoms with E-state index in [0.717, 1.165) is 18.5 Å². The Labute approximate surface area is 130 Å². The highest BCUT2D eigenvalue weighted by atomic mass is 32.2. The van der Waals surface area contributed by atoms with Crippen molar-refractivity contribution < 1.29 is 18.3 Å². The number of rotatable bonds is 6. The number of amides is 1. The molecule has 2 rings (SSSR count). The number of carbonyl (C=O) groups is 1. The van der Waals surface area contributed by atoms with Crippen molar-refractivity contribution in [2.75, 3.05) is 30.5 Å². The number of nitrogens with zero attached hydrogens (tertiary/aromatic N) is 1. The number of likely N-dealkylation sites (N-methyl/N-ethyl adjacent to an activating group) is 1. The van der Waals surface area contributed by atoms with Gasteiger partial charge in [-0.15, -0.1) is 0 Å². The van der Waals surface area contributed by atoms with Gasteiger partial charge in [-0.25, -0.2) is 13.2 Å². The second-order valence-corrected chi connectivity index (χ2v) is 8.16. The highest BCUT2D eigenvalue weighted by Gasteiger charge is 2.45. The summed E-state index contributed by atoms with van der Waals surface area (Å²) >= 11 is 0. The molecule has 1 aliphatic carbocycles. The largest absolute Gasteiger partial charge is 0.465 e. The average molecular weight is 327 g/mol. The minimum Gasteiger partial charge on any atom is -0.465 e. The molecule has 0 aromatic heterocycles. The molecule has 0 spiro atoms. The van der Waals surface area contributed by atoms with Crippen LogP contribution in [0.2, 0.25) is 0 Å². The fourth-order valence-corrected chi connectivity index (χ4v) is 3.41. The van der Waals surface area contributed by atoms with E-state index in [1.165, 1.54) is 6.26 Å². The first kappa shape index (κ1) is 16.4. The van der Waals surface area contributed by atoms with Gasteiger partial charge in [-0.05, 0) is 36.6 Å².